The fourth-order valence-electron chi connectivity index (χ4n) is 2.43. The molecule has 0 spiro atoms. The van der Waals surface area contributed by atoms with Crippen LogP contribution in [0.5, 0.6) is 11.5 Å². The molecule has 0 aliphatic carbocycles. The Morgan fingerprint density at radius 1 is 1.31 bits per heavy atom. The Bertz CT molecular complexity index is 955. The molecular formula is C20H20N2O4S3. The molecule has 1 aliphatic heterocycles. The van der Waals surface area contributed by atoms with Crippen LogP contribution in [0.2, 0.25) is 0 Å². The van der Waals surface area contributed by atoms with Crippen LogP contribution in [0.25, 0.3) is 6.08 Å². The standard InChI is InChI=1S/C20H20N2O4S3/c1-12(2)11-26-14-7-6-13(9-15(14)25-3)10-17-19(24)22(20(27)29-17)21-18(23)16-5-4-8-28-16/h4-10,12H,11H2,1-3H3,(H,21,23). The van der Waals surface area contributed by atoms with Crippen molar-refractivity contribution in [3.05, 3.63) is 51.1 Å². The molecule has 152 valence electrons. The van der Waals surface area contributed by atoms with Gasteiger partial charge in [-0.3, -0.25) is 15.0 Å². The van der Waals surface area contributed by atoms with E-state index in [2.05, 4.69) is 19.3 Å². The molecule has 2 heterocycles. The second kappa shape index (κ2) is 9.43. The Hall–Kier alpha value is -2.36. The summed E-state index contributed by atoms with van der Waals surface area (Å²) in [5, 5.41) is 2.90. The number of rotatable bonds is 7. The third-order valence-electron chi connectivity index (χ3n) is 3.81. The van der Waals surface area contributed by atoms with E-state index in [1.54, 1.807) is 36.8 Å². The van der Waals surface area contributed by atoms with E-state index in [1.807, 2.05) is 12.1 Å². The minimum Gasteiger partial charge on any atom is -0.493 e. The summed E-state index contributed by atoms with van der Waals surface area (Å²) in [5.74, 6) is 0.885. The molecule has 29 heavy (non-hydrogen) atoms. The maximum absolute atomic E-state index is 12.7. The van der Waals surface area contributed by atoms with Crippen molar-refractivity contribution in [2.24, 2.45) is 5.92 Å². The lowest BCUT2D eigenvalue weighted by Gasteiger charge is -2.14. The van der Waals surface area contributed by atoms with E-state index in [4.69, 9.17) is 21.7 Å². The van der Waals surface area contributed by atoms with Crippen LogP contribution in [0.3, 0.4) is 0 Å². The van der Waals surface area contributed by atoms with Gasteiger partial charge in [-0.2, -0.15) is 5.01 Å². The van der Waals surface area contributed by atoms with Crippen molar-refractivity contribution < 1.29 is 19.1 Å². The lowest BCUT2D eigenvalue weighted by molar-refractivity contribution is -0.123. The van der Waals surface area contributed by atoms with Gasteiger partial charge in [-0.25, -0.2) is 0 Å². The van der Waals surface area contributed by atoms with Crippen LogP contribution in [-0.4, -0.2) is 34.9 Å². The number of amides is 2. The third kappa shape index (κ3) is 5.17. The fraction of sp³-hybridized carbons (Fsp3) is 0.250. The molecule has 2 aromatic rings. The zero-order chi connectivity index (χ0) is 21.0. The molecule has 1 N–H and O–H groups in total. The lowest BCUT2D eigenvalue weighted by atomic mass is 10.2. The SMILES string of the molecule is COc1cc(C=C2SC(=S)N(NC(=O)c3cccs3)C2=O)ccc1OCC(C)C. The average molecular weight is 449 g/mol. The van der Waals surface area contributed by atoms with E-state index in [9.17, 15) is 9.59 Å². The predicted octanol–water partition coefficient (Wildman–Crippen LogP) is 4.34. The minimum atomic E-state index is -0.371. The van der Waals surface area contributed by atoms with Crippen LogP contribution in [0, 0.1) is 5.92 Å². The Balaban J connectivity index is 1.75. The summed E-state index contributed by atoms with van der Waals surface area (Å²) >= 11 is 7.68. The Labute approximate surface area is 182 Å². The maximum atomic E-state index is 12.7. The topological polar surface area (TPSA) is 67.9 Å². The number of nitrogens with one attached hydrogen (secondary N) is 1. The summed E-state index contributed by atoms with van der Waals surface area (Å²) in [4.78, 5) is 25.9. The van der Waals surface area contributed by atoms with Gasteiger partial charge in [-0.05, 0) is 53.4 Å². The summed E-state index contributed by atoms with van der Waals surface area (Å²) in [5.41, 5.74) is 3.33. The summed E-state index contributed by atoms with van der Waals surface area (Å²) in [7, 11) is 1.57. The number of thioether (sulfide) groups is 1. The molecule has 0 radical (unpaired) electrons. The van der Waals surface area contributed by atoms with Crippen molar-refractivity contribution in [3.63, 3.8) is 0 Å². The Morgan fingerprint density at radius 2 is 2.10 bits per heavy atom. The van der Waals surface area contributed by atoms with Crippen LogP contribution in [0.15, 0.2) is 40.6 Å². The molecule has 0 atom stereocenters. The highest BCUT2D eigenvalue weighted by atomic mass is 32.2. The van der Waals surface area contributed by atoms with Crippen LogP contribution in [0.4, 0.5) is 0 Å². The van der Waals surface area contributed by atoms with Gasteiger partial charge >= 0.3 is 0 Å². The molecule has 0 bridgehead atoms. The lowest BCUT2D eigenvalue weighted by Crippen LogP contribution is -2.44. The number of methoxy groups -OCH3 is 1. The first-order valence-electron chi connectivity index (χ1n) is 8.82. The fourth-order valence-corrected chi connectivity index (χ4v) is 4.22. The Kier molecular flexibility index (Phi) is 6.94. The highest BCUT2D eigenvalue weighted by molar-refractivity contribution is 8.26. The number of benzene rings is 1. The molecule has 2 amide bonds. The summed E-state index contributed by atoms with van der Waals surface area (Å²) < 4.78 is 11.4. The molecule has 1 aliphatic rings. The molecule has 0 unspecified atom stereocenters. The van der Waals surface area contributed by atoms with Crippen molar-refractivity contribution in [1.82, 2.24) is 10.4 Å². The molecule has 9 heteroatoms. The molecular weight excluding hydrogens is 428 g/mol. The smallest absolute Gasteiger partial charge is 0.285 e. The second-order valence-electron chi connectivity index (χ2n) is 6.55. The number of ether oxygens (including phenoxy) is 2. The number of carbonyl (C=O) groups excluding carboxylic acids is 2. The van der Waals surface area contributed by atoms with Gasteiger partial charge in [0.05, 0.1) is 23.5 Å². The quantitative estimate of drug-likeness (QED) is 0.502. The number of carbonyl (C=O) groups is 2. The highest BCUT2D eigenvalue weighted by Gasteiger charge is 2.34. The molecule has 1 saturated heterocycles. The van der Waals surface area contributed by atoms with E-state index in [1.165, 1.54) is 11.3 Å². The van der Waals surface area contributed by atoms with Crippen molar-refractivity contribution in [3.8, 4) is 11.5 Å². The van der Waals surface area contributed by atoms with E-state index < -0.39 is 0 Å². The largest absolute Gasteiger partial charge is 0.493 e. The summed E-state index contributed by atoms with van der Waals surface area (Å²) in [6, 6.07) is 8.90. The van der Waals surface area contributed by atoms with Crippen LogP contribution >= 0.6 is 35.3 Å². The molecule has 1 fully saturated rings. The Morgan fingerprint density at radius 3 is 2.76 bits per heavy atom. The maximum Gasteiger partial charge on any atom is 0.285 e. The van der Waals surface area contributed by atoms with Gasteiger partial charge in [0.2, 0.25) is 0 Å². The van der Waals surface area contributed by atoms with Gasteiger partial charge in [-0.15, -0.1) is 11.3 Å². The van der Waals surface area contributed by atoms with Gasteiger partial charge in [0, 0.05) is 0 Å². The minimum absolute atomic E-state index is 0.273. The number of hydrazine groups is 1. The third-order valence-corrected chi connectivity index (χ3v) is 5.98. The van der Waals surface area contributed by atoms with Gasteiger partial charge in [0.25, 0.3) is 11.8 Å². The van der Waals surface area contributed by atoms with Gasteiger partial charge in [-0.1, -0.05) is 37.7 Å². The van der Waals surface area contributed by atoms with Crippen LogP contribution < -0.4 is 14.9 Å². The average Bonchev–Trinajstić information content (AvgIpc) is 3.31. The van der Waals surface area contributed by atoms with Gasteiger partial charge < -0.3 is 9.47 Å². The van der Waals surface area contributed by atoms with E-state index in [-0.39, 0.29) is 16.1 Å². The number of hydrogen-bond acceptors (Lipinski definition) is 7. The van der Waals surface area contributed by atoms with Crippen molar-refractivity contribution in [2.45, 2.75) is 13.8 Å². The molecule has 0 saturated carbocycles. The first kappa shape index (κ1) is 21.4. The van der Waals surface area contributed by atoms with Crippen LogP contribution in [0.1, 0.15) is 29.1 Å². The summed E-state index contributed by atoms with van der Waals surface area (Å²) in [6.45, 7) is 4.72. The molecule has 6 nitrogen and oxygen atoms in total. The molecule has 3 rings (SSSR count). The molecule has 1 aromatic carbocycles. The molecule has 1 aromatic heterocycles. The predicted molar refractivity (Wildman–Crippen MR) is 120 cm³/mol. The summed E-state index contributed by atoms with van der Waals surface area (Å²) in [6.07, 6.45) is 1.71. The number of hydrogen-bond donors (Lipinski definition) is 1. The number of thiocarbonyl (C=S) groups is 1. The van der Waals surface area contributed by atoms with Gasteiger partial charge in [0.1, 0.15) is 0 Å². The van der Waals surface area contributed by atoms with E-state index >= 15 is 0 Å². The van der Waals surface area contributed by atoms with Crippen molar-refractivity contribution in [2.75, 3.05) is 13.7 Å². The number of nitrogens with zero attached hydrogens (tertiary/aromatic N) is 1. The van der Waals surface area contributed by atoms with E-state index in [0.717, 1.165) is 22.3 Å². The number of thiophene rings is 1. The van der Waals surface area contributed by atoms with Crippen molar-refractivity contribution >= 4 is 57.5 Å². The highest BCUT2D eigenvalue weighted by Crippen LogP contribution is 2.34. The zero-order valence-corrected chi connectivity index (χ0v) is 18.6. The monoisotopic (exact) mass is 448 g/mol. The zero-order valence-electron chi connectivity index (χ0n) is 16.1. The first-order chi connectivity index (χ1) is 13.9. The van der Waals surface area contributed by atoms with Crippen molar-refractivity contribution in [1.29, 1.82) is 0 Å². The van der Waals surface area contributed by atoms with Crippen LogP contribution in [-0.2, 0) is 4.79 Å². The second-order valence-corrected chi connectivity index (χ2v) is 9.17. The first-order valence-corrected chi connectivity index (χ1v) is 10.9. The normalized spacial score (nSPS) is 15.3. The van der Waals surface area contributed by atoms with Gasteiger partial charge in [0.15, 0.2) is 15.8 Å². The van der Waals surface area contributed by atoms with E-state index in [0.29, 0.717) is 33.8 Å².